The van der Waals surface area contributed by atoms with Gasteiger partial charge in [-0.3, -0.25) is 14.9 Å². The van der Waals surface area contributed by atoms with Crippen molar-refractivity contribution in [3.8, 4) is 0 Å². The van der Waals surface area contributed by atoms with E-state index in [0.29, 0.717) is 42.8 Å². The number of hydrogen-bond acceptors (Lipinski definition) is 5. The minimum absolute atomic E-state index is 0.0660. The zero-order valence-corrected chi connectivity index (χ0v) is 24.0. The van der Waals surface area contributed by atoms with Gasteiger partial charge in [0.25, 0.3) is 0 Å². The van der Waals surface area contributed by atoms with Gasteiger partial charge in [-0.1, -0.05) is 41.5 Å². The number of nitro groups is 1. The maximum atomic E-state index is 14.3. The molecule has 0 bridgehead atoms. The Morgan fingerprint density at radius 2 is 1.61 bits per heavy atom. The summed E-state index contributed by atoms with van der Waals surface area (Å²) >= 11 is 0. The van der Waals surface area contributed by atoms with Gasteiger partial charge in [-0.15, -0.1) is 0 Å². The smallest absolute Gasteiger partial charge is 0.218 e. The van der Waals surface area contributed by atoms with Crippen LogP contribution in [0.3, 0.4) is 0 Å². The van der Waals surface area contributed by atoms with E-state index in [-0.39, 0.29) is 27.6 Å². The molecule has 4 rings (SSSR count). The maximum absolute atomic E-state index is 14.3. The van der Waals surface area contributed by atoms with Gasteiger partial charge < -0.3 is 10.2 Å². The van der Waals surface area contributed by atoms with Gasteiger partial charge in [-0.05, 0) is 99.2 Å². The minimum Gasteiger partial charge on any atom is -0.390 e. The van der Waals surface area contributed by atoms with E-state index in [2.05, 4.69) is 41.5 Å². The van der Waals surface area contributed by atoms with E-state index in [1.54, 1.807) is 13.8 Å². The highest BCUT2D eigenvalue weighted by atomic mass is 16.6. The Kier molecular flexibility index (Phi) is 6.81. The van der Waals surface area contributed by atoms with E-state index in [1.165, 1.54) is 0 Å². The van der Waals surface area contributed by atoms with Crippen LogP contribution >= 0.6 is 0 Å². The molecule has 0 saturated heterocycles. The fourth-order valence-corrected chi connectivity index (χ4v) is 10.4. The van der Waals surface area contributed by atoms with E-state index in [0.717, 1.165) is 38.5 Å². The fourth-order valence-electron chi connectivity index (χ4n) is 10.4. The molecule has 0 spiro atoms. The first-order valence-electron chi connectivity index (χ1n) is 14.5. The predicted molar refractivity (Wildman–Crippen MR) is 141 cm³/mol. The fraction of sp³-hybridized carbons (Fsp3) is 0.967. The number of aliphatic hydroxyl groups is 2. The van der Waals surface area contributed by atoms with Crippen LogP contribution < -0.4 is 0 Å². The van der Waals surface area contributed by atoms with Crippen LogP contribution in [0.15, 0.2) is 0 Å². The summed E-state index contributed by atoms with van der Waals surface area (Å²) in [7, 11) is 0. The second kappa shape index (κ2) is 8.76. The van der Waals surface area contributed by atoms with Gasteiger partial charge in [0, 0.05) is 28.6 Å². The quantitative estimate of drug-likeness (QED) is 0.338. The Labute approximate surface area is 218 Å². The highest BCUT2D eigenvalue weighted by molar-refractivity contribution is 5.87. The summed E-state index contributed by atoms with van der Waals surface area (Å²) < 4.78 is 0. The van der Waals surface area contributed by atoms with Crippen molar-refractivity contribution in [3.05, 3.63) is 10.1 Å². The Bertz CT molecular complexity index is 894. The standard InChI is InChI=1S/C30H51NO5/c1-18(9-14-24(32)27(4,5)34)19-15-16-28(6)22-12-10-20-21(11-13-23(31(35)36)26(20,2)3)30(22,8)25(33)17-29(19,28)7/h18-24,32,34H,9-17H2,1-8H3/t18-,19?,20?,21?,22?,23+,24-,28+,29-,30+/m1/s1. The van der Waals surface area contributed by atoms with Gasteiger partial charge >= 0.3 is 0 Å². The molecule has 0 amide bonds. The normalized spacial score (nSPS) is 45.8. The number of fused-ring (bicyclic) bond motifs is 5. The largest absolute Gasteiger partial charge is 0.390 e. The van der Waals surface area contributed by atoms with Crippen LogP contribution in [0.1, 0.15) is 113 Å². The van der Waals surface area contributed by atoms with Crippen molar-refractivity contribution in [2.45, 2.75) is 131 Å². The van der Waals surface area contributed by atoms with Gasteiger partial charge in [0.05, 0.1) is 11.7 Å². The molecule has 36 heavy (non-hydrogen) atoms. The number of carbonyl (C=O) groups is 1. The average molecular weight is 506 g/mol. The second-order valence-electron chi connectivity index (χ2n) is 15.1. The van der Waals surface area contributed by atoms with Crippen molar-refractivity contribution in [2.24, 2.45) is 51.2 Å². The van der Waals surface area contributed by atoms with E-state index >= 15 is 0 Å². The number of Topliss-reactive ketones (excluding diaryl/α,β-unsaturated/α-hetero) is 1. The van der Waals surface area contributed by atoms with Crippen molar-refractivity contribution in [3.63, 3.8) is 0 Å². The number of rotatable bonds is 6. The lowest BCUT2D eigenvalue weighted by Gasteiger charge is -2.66. The molecule has 0 aromatic heterocycles. The topological polar surface area (TPSA) is 101 Å². The van der Waals surface area contributed by atoms with Gasteiger partial charge in [-0.2, -0.15) is 0 Å². The maximum Gasteiger partial charge on any atom is 0.218 e. The highest BCUT2D eigenvalue weighted by Crippen LogP contribution is 2.74. The predicted octanol–water partition coefficient (Wildman–Crippen LogP) is 6.04. The van der Waals surface area contributed by atoms with Crippen LogP contribution in [0.25, 0.3) is 0 Å². The first kappa shape index (κ1) is 28.0. The van der Waals surface area contributed by atoms with Crippen molar-refractivity contribution in [1.82, 2.24) is 0 Å². The van der Waals surface area contributed by atoms with Crippen LogP contribution in [0.4, 0.5) is 0 Å². The first-order chi connectivity index (χ1) is 16.4. The Morgan fingerprint density at radius 1 is 1.00 bits per heavy atom. The molecular weight excluding hydrogens is 454 g/mol. The number of nitrogens with zero attached hydrogens (tertiary/aromatic N) is 1. The van der Waals surface area contributed by atoms with Gasteiger partial charge in [-0.25, -0.2) is 0 Å². The van der Waals surface area contributed by atoms with E-state index < -0.39 is 28.6 Å². The summed E-state index contributed by atoms with van der Waals surface area (Å²) in [5.74, 6) is 1.96. The third-order valence-electron chi connectivity index (χ3n) is 13.0. The zero-order valence-electron chi connectivity index (χ0n) is 24.0. The highest BCUT2D eigenvalue weighted by Gasteiger charge is 2.72. The molecule has 6 heteroatoms. The van der Waals surface area contributed by atoms with Crippen LogP contribution in [-0.4, -0.2) is 38.7 Å². The van der Waals surface area contributed by atoms with Crippen molar-refractivity contribution in [2.75, 3.05) is 0 Å². The molecule has 4 saturated carbocycles. The lowest BCUT2D eigenvalue weighted by Crippen LogP contribution is -2.65. The van der Waals surface area contributed by atoms with Gasteiger partial charge in [0.15, 0.2) is 0 Å². The lowest BCUT2D eigenvalue weighted by molar-refractivity contribution is -0.550. The molecule has 0 aliphatic heterocycles. The van der Waals surface area contributed by atoms with Crippen molar-refractivity contribution in [1.29, 1.82) is 0 Å². The van der Waals surface area contributed by atoms with Gasteiger partial charge in [0.2, 0.25) is 6.04 Å². The Balaban J connectivity index is 1.61. The second-order valence-corrected chi connectivity index (χ2v) is 15.1. The summed E-state index contributed by atoms with van der Waals surface area (Å²) in [4.78, 5) is 26.1. The molecule has 10 atom stereocenters. The number of ketones is 1. The molecule has 0 radical (unpaired) electrons. The third kappa shape index (κ3) is 3.82. The monoisotopic (exact) mass is 505 g/mol. The number of aliphatic hydroxyl groups excluding tert-OH is 1. The Hall–Kier alpha value is -1.01. The summed E-state index contributed by atoms with van der Waals surface area (Å²) in [6, 6.07) is -0.519. The average Bonchev–Trinajstić information content (AvgIpc) is 3.02. The van der Waals surface area contributed by atoms with E-state index in [4.69, 9.17) is 0 Å². The summed E-state index contributed by atoms with van der Waals surface area (Å²) in [5.41, 5.74) is -1.90. The molecule has 4 unspecified atom stereocenters. The summed E-state index contributed by atoms with van der Waals surface area (Å²) in [6.45, 7) is 16.8. The zero-order chi connectivity index (χ0) is 27.1. The molecule has 0 aromatic carbocycles. The molecule has 4 aliphatic carbocycles. The minimum atomic E-state index is -1.10. The number of hydrogen-bond donors (Lipinski definition) is 2. The van der Waals surface area contributed by atoms with Crippen LogP contribution in [0.2, 0.25) is 0 Å². The molecule has 0 aromatic rings. The number of carbonyl (C=O) groups excluding carboxylic acids is 1. The van der Waals surface area contributed by atoms with Crippen molar-refractivity contribution < 1.29 is 19.9 Å². The third-order valence-corrected chi connectivity index (χ3v) is 13.0. The lowest BCUT2D eigenvalue weighted by atomic mass is 9.36. The molecule has 4 fully saturated rings. The van der Waals surface area contributed by atoms with Crippen LogP contribution in [0, 0.1) is 61.4 Å². The van der Waals surface area contributed by atoms with Crippen molar-refractivity contribution >= 4 is 5.78 Å². The van der Waals surface area contributed by atoms with E-state index in [9.17, 15) is 25.1 Å². The molecule has 4 aliphatic rings. The first-order valence-corrected chi connectivity index (χ1v) is 14.5. The van der Waals surface area contributed by atoms with Crippen LogP contribution in [0.5, 0.6) is 0 Å². The van der Waals surface area contributed by atoms with Gasteiger partial charge in [0.1, 0.15) is 5.78 Å². The molecule has 6 nitrogen and oxygen atoms in total. The summed E-state index contributed by atoms with van der Waals surface area (Å²) in [5, 5.41) is 32.5. The summed E-state index contributed by atoms with van der Waals surface area (Å²) in [6.07, 6.45) is 6.84. The van der Waals surface area contributed by atoms with Crippen LogP contribution in [-0.2, 0) is 4.79 Å². The molecule has 206 valence electrons. The van der Waals surface area contributed by atoms with E-state index in [1.807, 2.05) is 0 Å². The molecular formula is C30H51NO5. The molecule has 0 heterocycles. The molecule has 2 N–H and O–H groups in total. The SMILES string of the molecule is C[C@H](CC[C@@H](O)C(C)(C)O)C1CC[C@@]2(C)C3CCC4C(CC[C@H]([N+](=O)[O-])C4(C)C)[C@]3(C)C(=O)C[C@]12C. The Morgan fingerprint density at radius 3 is 2.19 bits per heavy atom.